The van der Waals surface area contributed by atoms with E-state index >= 15 is 0 Å². The van der Waals surface area contributed by atoms with Crippen molar-refractivity contribution in [2.24, 2.45) is 0 Å². The molecular weight excluding hydrogens is 306 g/mol. The molecule has 2 N–H and O–H groups in total. The van der Waals surface area contributed by atoms with Gasteiger partial charge in [0.2, 0.25) is 0 Å². The summed E-state index contributed by atoms with van der Waals surface area (Å²) in [4.78, 5) is 16.9. The van der Waals surface area contributed by atoms with Gasteiger partial charge in [0.05, 0.1) is 16.7 Å². The van der Waals surface area contributed by atoms with E-state index in [2.05, 4.69) is 15.5 Å². The molecule has 0 radical (unpaired) electrons. The molecule has 1 aliphatic rings. The Hall–Kier alpha value is -2.21. The van der Waals surface area contributed by atoms with E-state index in [-0.39, 0.29) is 17.9 Å². The van der Waals surface area contributed by atoms with Gasteiger partial charge in [-0.3, -0.25) is 4.79 Å². The van der Waals surface area contributed by atoms with Gasteiger partial charge in [-0.25, -0.2) is 0 Å². The van der Waals surface area contributed by atoms with E-state index in [9.17, 15) is 9.90 Å². The fourth-order valence-corrected chi connectivity index (χ4v) is 2.61. The van der Waals surface area contributed by atoms with Crippen LogP contribution in [0.4, 0.5) is 0 Å². The minimum atomic E-state index is -0.755. The summed E-state index contributed by atoms with van der Waals surface area (Å²) < 4.78 is 5.36. The molecule has 0 saturated heterocycles. The van der Waals surface area contributed by atoms with Crippen LogP contribution in [0, 0.1) is 0 Å². The Morgan fingerprint density at radius 2 is 2.04 bits per heavy atom. The molecule has 0 bridgehead atoms. The molecule has 1 aromatic carbocycles. The van der Waals surface area contributed by atoms with Crippen LogP contribution in [0.15, 0.2) is 28.8 Å². The maximum Gasteiger partial charge on any atom is 0.258 e. The van der Waals surface area contributed by atoms with Crippen molar-refractivity contribution < 1.29 is 14.4 Å². The number of aliphatic hydroxyl groups is 1. The van der Waals surface area contributed by atoms with E-state index < -0.39 is 5.60 Å². The minimum absolute atomic E-state index is 0.230. The molecule has 1 heterocycles. The first-order valence-corrected chi connectivity index (χ1v) is 8.23. The average molecular weight is 329 g/mol. The molecule has 1 aromatic heterocycles. The lowest BCUT2D eigenvalue weighted by Crippen LogP contribution is -2.47. The van der Waals surface area contributed by atoms with Crippen LogP contribution in [0.25, 0.3) is 11.5 Å². The minimum Gasteiger partial charge on any atom is -0.388 e. The zero-order chi connectivity index (χ0) is 17.4. The lowest BCUT2D eigenvalue weighted by atomic mass is 9.80. The summed E-state index contributed by atoms with van der Waals surface area (Å²) in [6, 6.07) is 7.12. The molecule has 128 valence electrons. The molecule has 1 amide bonds. The lowest BCUT2D eigenvalue weighted by molar-refractivity contribution is -0.0300. The molecule has 0 unspecified atom stereocenters. The van der Waals surface area contributed by atoms with Gasteiger partial charge in [-0.15, -0.1) is 0 Å². The van der Waals surface area contributed by atoms with Crippen molar-refractivity contribution in [1.82, 2.24) is 15.5 Å². The third kappa shape index (κ3) is 3.33. The highest BCUT2D eigenvalue weighted by molar-refractivity contribution is 6.00. The number of aromatic nitrogens is 2. The summed E-state index contributed by atoms with van der Waals surface area (Å²) in [7, 11) is 0. The van der Waals surface area contributed by atoms with Gasteiger partial charge in [0.25, 0.3) is 11.8 Å². The second-order valence-electron chi connectivity index (χ2n) is 7.48. The second-order valence-corrected chi connectivity index (χ2v) is 7.48. The highest BCUT2D eigenvalue weighted by Gasteiger charge is 2.34. The maximum absolute atomic E-state index is 12.5. The summed E-state index contributed by atoms with van der Waals surface area (Å²) >= 11 is 0. The van der Waals surface area contributed by atoms with E-state index in [0.717, 1.165) is 19.3 Å². The zero-order valence-electron chi connectivity index (χ0n) is 14.3. The largest absolute Gasteiger partial charge is 0.388 e. The number of amides is 1. The van der Waals surface area contributed by atoms with Crippen molar-refractivity contribution in [2.45, 2.75) is 51.0 Å². The molecule has 1 fully saturated rings. The Balaban J connectivity index is 1.82. The van der Waals surface area contributed by atoms with Crippen molar-refractivity contribution in [3.63, 3.8) is 0 Å². The van der Waals surface area contributed by atoms with E-state index in [1.54, 1.807) is 18.2 Å². The molecule has 1 saturated carbocycles. The van der Waals surface area contributed by atoms with Crippen LogP contribution in [-0.4, -0.2) is 33.3 Å². The summed E-state index contributed by atoms with van der Waals surface area (Å²) in [5, 5.41) is 17.0. The standard InChI is InChI=1S/C18H23N3O3/c1-17(2,3)16-20-15(24-21-16)13-8-5-4-7-12(13)14(22)19-11-18(23)9-6-10-18/h4-5,7-8,23H,6,9-11H2,1-3H3,(H,19,22). The molecule has 24 heavy (non-hydrogen) atoms. The van der Waals surface area contributed by atoms with Gasteiger partial charge >= 0.3 is 0 Å². The fraction of sp³-hybridized carbons (Fsp3) is 0.500. The highest BCUT2D eigenvalue weighted by atomic mass is 16.5. The van der Waals surface area contributed by atoms with Gasteiger partial charge in [-0.2, -0.15) is 4.98 Å². The van der Waals surface area contributed by atoms with Crippen LogP contribution in [0.3, 0.4) is 0 Å². The van der Waals surface area contributed by atoms with Crippen molar-refractivity contribution in [2.75, 3.05) is 6.54 Å². The zero-order valence-corrected chi connectivity index (χ0v) is 14.3. The normalized spacial score (nSPS) is 16.5. The van der Waals surface area contributed by atoms with E-state index in [4.69, 9.17) is 4.52 Å². The molecule has 0 spiro atoms. The number of hydrogen-bond donors (Lipinski definition) is 2. The van der Waals surface area contributed by atoms with Gasteiger partial charge < -0.3 is 14.9 Å². The predicted octanol–water partition coefficient (Wildman–Crippen LogP) is 2.68. The first-order chi connectivity index (χ1) is 11.3. The molecule has 6 heteroatoms. The van der Waals surface area contributed by atoms with Gasteiger partial charge in [-0.1, -0.05) is 38.1 Å². The van der Waals surface area contributed by atoms with Gasteiger partial charge in [0, 0.05) is 12.0 Å². The first-order valence-electron chi connectivity index (χ1n) is 8.23. The number of benzene rings is 1. The van der Waals surface area contributed by atoms with Crippen LogP contribution >= 0.6 is 0 Å². The molecule has 1 aliphatic carbocycles. The van der Waals surface area contributed by atoms with Crippen molar-refractivity contribution in [3.8, 4) is 11.5 Å². The number of nitrogens with one attached hydrogen (secondary N) is 1. The smallest absolute Gasteiger partial charge is 0.258 e. The molecule has 0 aliphatic heterocycles. The third-order valence-electron chi connectivity index (χ3n) is 4.36. The van der Waals surface area contributed by atoms with E-state index in [1.165, 1.54) is 0 Å². The number of rotatable bonds is 4. The Labute approximate surface area is 141 Å². The van der Waals surface area contributed by atoms with Gasteiger partial charge in [0.1, 0.15) is 0 Å². The number of nitrogens with zero attached hydrogens (tertiary/aromatic N) is 2. The van der Waals surface area contributed by atoms with Crippen LogP contribution in [0.5, 0.6) is 0 Å². The van der Waals surface area contributed by atoms with Crippen molar-refractivity contribution >= 4 is 5.91 Å². The Morgan fingerprint density at radius 3 is 2.62 bits per heavy atom. The lowest BCUT2D eigenvalue weighted by Gasteiger charge is -2.36. The van der Waals surface area contributed by atoms with E-state index in [1.807, 2.05) is 26.8 Å². The van der Waals surface area contributed by atoms with Crippen molar-refractivity contribution in [3.05, 3.63) is 35.7 Å². The molecular formula is C18H23N3O3. The Morgan fingerprint density at radius 1 is 1.33 bits per heavy atom. The maximum atomic E-state index is 12.5. The summed E-state index contributed by atoms with van der Waals surface area (Å²) in [5.41, 5.74) is 0.0733. The monoisotopic (exact) mass is 329 g/mol. The SMILES string of the molecule is CC(C)(C)c1noc(-c2ccccc2C(=O)NCC2(O)CCC2)n1. The van der Waals surface area contributed by atoms with Crippen LogP contribution in [0.1, 0.15) is 56.2 Å². The summed E-state index contributed by atoms with van der Waals surface area (Å²) in [5.74, 6) is 0.672. The third-order valence-corrected chi connectivity index (χ3v) is 4.36. The van der Waals surface area contributed by atoms with Gasteiger partial charge in [0.15, 0.2) is 5.82 Å². The highest BCUT2D eigenvalue weighted by Crippen LogP contribution is 2.31. The number of carbonyl (C=O) groups excluding carboxylic acids is 1. The average Bonchev–Trinajstić information content (AvgIpc) is 3.01. The summed E-state index contributed by atoms with van der Waals surface area (Å²) in [6.45, 7) is 6.26. The molecule has 3 rings (SSSR count). The first kappa shape index (κ1) is 16.6. The number of hydrogen-bond acceptors (Lipinski definition) is 5. The summed E-state index contributed by atoms with van der Waals surface area (Å²) in [6.07, 6.45) is 2.46. The van der Waals surface area contributed by atoms with Gasteiger partial charge in [-0.05, 0) is 31.4 Å². The van der Waals surface area contributed by atoms with E-state index in [0.29, 0.717) is 22.8 Å². The van der Waals surface area contributed by atoms with Crippen molar-refractivity contribution in [1.29, 1.82) is 0 Å². The quantitative estimate of drug-likeness (QED) is 0.900. The Kier molecular flexibility index (Phi) is 4.17. The second kappa shape index (κ2) is 6.02. The molecule has 2 aromatic rings. The predicted molar refractivity (Wildman–Crippen MR) is 89.6 cm³/mol. The fourth-order valence-electron chi connectivity index (χ4n) is 2.61. The van der Waals surface area contributed by atoms with Crippen LogP contribution < -0.4 is 5.32 Å². The van der Waals surface area contributed by atoms with Crippen LogP contribution in [0.2, 0.25) is 0 Å². The molecule has 6 nitrogen and oxygen atoms in total. The molecule has 0 atom stereocenters. The number of carbonyl (C=O) groups is 1. The van der Waals surface area contributed by atoms with Crippen LogP contribution in [-0.2, 0) is 5.41 Å². The Bertz CT molecular complexity index is 742. The topological polar surface area (TPSA) is 88.2 Å².